The number of nitrogens with one attached hydrogen (secondary N) is 2. The first-order valence-electron chi connectivity index (χ1n) is 4.99. The minimum Gasteiger partial charge on any atom is -0.480 e. The van der Waals surface area contributed by atoms with Gasteiger partial charge < -0.3 is 20.8 Å². The van der Waals surface area contributed by atoms with Crippen molar-refractivity contribution in [3.05, 3.63) is 0 Å². The molecule has 0 aliphatic carbocycles. The van der Waals surface area contributed by atoms with Crippen LogP contribution < -0.4 is 10.6 Å². The summed E-state index contributed by atoms with van der Waals surface area (Å²) in [4.78, 5) is 22.2. The maximum atomic E-state index is 11.5. The molecule has 1 amide bonds. The Labute approximate surface area is 87.7 Å². The molecule has 3 unspecified atom stereocenters. The van der Waals surface area contributed by atoms with E-state index in [2.05, 4.69) is 10.6 Å². The van der Waals surface area contributed by atoms with E-state index in [1.807, 2.05) is 0 Å². The molecule has 6 heteroatoms. The Balaban J connectivity index is 2.44. The lowest BCUT2D eigenvalue weighted by atomic mass is 10.1. The van der Waals surface area contributed by atoms with Gasteiger partial charge in [-0.25, -0.2) is 4.79 Å². The van der Waals surface area contributed by atoms with Gasteiger partial charge in [-0.2, -0.15) is 0 Å². The van der Waals surface area contributed by atoms with E-state index in [0.717, 1.165) is 0 Å². The summed E-state index contributed by atoms with van der Waals surface area (Å²) >= 11 is 0. The second kappa shape index (κ2) is 5.09. The van der Waals surface area contributed by atoms with Crippen molar-refractivity contribution >= 4 is 11.9 Å². The Morgan fingerprint density at radius 1 is 1.60 bits per heavy atom. The van der Waals surface area contributed by atoms with Crippen molar-refractivity contribution in [2.75, 3.05) is 6.54 Å². The van der Waals surface area contributed by atoms with Crippen LogP contribution in [0, 0.1) is 0 Å². The van der Waals surface area contributed by atoms with E-state index in [1.165, 1.54) is 0 Å². The Bertz CT molecular complexity index is 256. The van der Waals surface area contributed by atoms with E-state index < -0.39 is 24.2 Å². The van der Waals surface area contributed by atoms with Crippen LogP contribution in [0.4, 0.5) is 0 Å². The zero-order valence-corrected chi connectivity index (χ0v) is 8.56. The molecule has 0 aromatic heterocycles. The van der Waals surface area contributed by atoms with Gasteiger partial charge in [-0.3, -0.25) is 4.79 Å². The second-order valence-corrected chi connectivity index (χ2v) is 3.66. The van der Waals surface area contributed by atoms with Gasteiger partial charge in [0.1, 0.15) is 6.04 Å². The number of β-amino-alcohol motifs (C(OH)–C–C–N with tert-alkyl or cyclic N) is 1. The minimum absolute atomic E-state index is 0.335. The average Bonchev–Trinajstić information content (AvgIpc) is 2.60. The van der Waals surface area contributed by atoms with Crippen molar-refractivity contribution in [2.24, 2.45) is 0 Å². The third kappa shape index (κ3) is 3.17. The Kier molecular flexibility index (Phi) is 4.05. The van der Waals surface area contributed by atoms with Crippen LogP contribution in [-0.2, 0) is 9.59 Å². The van der Waals surface area contributed by atoms with Crippen LogP contribution in [0.3, 0.4) is 0 Å². The number of hydrogen-bond acceptors (Lipinski definition) is 4. The topological polar surface area (TPSA) is 98.7 Å². The molecular weight excluding hydrogens is 200 g/mol. The zero-order valence-electron chi connectivity index (χ0n) is 8.56. The molecule has 0 radical (unpaired) electrons. The van der Waals surface area contributed by atoms with Crippen LogP contribution in [0.15, 0.2) is 0 Å². The van der Waals surface area contributed by atoms with Crippen molar-refractivity contribution in [3.8, 4) is 0 Å². The summed E-state index contributed by atoms with van der Waals surface area (Å²) in [6.45, 7) is 2.07. The molecule has 0 aromatic rings. The molecule has 1 heterocycles. The lowest BCUT2D eigenvalue weighted by molar-refractivity contribution is -0.142. The number of hydrogen-bond donors (Lipinski definition) is 4. The SMILES string of the molecule is CCC(NC(=O)C1CC(O)CN1)C(=O)O. The van der Waals surface area contributed by atoms with Gasteiger partial charge in [0.15, 0.2) is 0 Å². The van der Waals surface area contributed by atoms with Crippen molar-refractivity contribution in [1.82, 2.24) is 10.6 Å². The molecule has 6 nitrogen and oxygen atoms in total. The molecule has 15 heavy (non-hydrogen) atoms. The van der Waals surface area contributed by atoms with Gasteiger partial charge in [-0.1, -0.05) is 6.92 Å². The largest absolute Gasteiger partial charge is 0.480 e. The first kappa shape index (κ1) is 11.9. The summed E-state index contributed by atoms with van der Waals surface area (Å²) in [5, 5.41) is 23.2. The smallest absolute Gasteiger partial charge is 0.326 e. The number of aliphatic hydroxyl groups is 1. The number of amides is 1. The van der Waals surface area contributed by atoms with E-state index in [-0.39, 0.29) is 5.91 Å². The molecule has 4 N–H and O–H groups in total. The summed E-state index contributed by atoms with van der Waals surface area (Å²) in [5.74, 6) is -1.40. The number of aliphatic hydroxyl groups excluding tert-OH is 1. The highest BCUT2D eigenvalue weighted by atomic mass is 16.4. The molecule has 0 spiro atoms. The lowest BCUT2D eigenvalue weighted by Crippen LogP contribution is -2.47. The fraction of sp³-hybridized carbons (Fsp3) is 0.778. The van der Waals surface area contributed by atoms with E-state index in [9.17, 15) is 14.7 Å². The molecule has 0 saturated carbocycles. The third-order valence-corrected chi connectivity index (χ3v) is 2.45. The van der Waals surface area contributed by atoms with Crippen LogP contribution in [0.1, 0.15) is 19.8 Å². The maximum Gasteiger partial charge on any atom is 0.326 e. The Morgan fingerprint density at radius 3 is 2.67 bits per heavy atom. The fourth-order valence-corrected chi connectivity index (χ4v) is 1.53. The molecule has 1 aliphatic rings. The van der Waals surface area contributed by atoms with E-state index in [0.29, 0.717) is 19.4 Å². The summed E-state index contributed by atoms with van der Waals surface area (Å²) in [7, 11) is 0. The van der Waals surface area contributed by atoms with E-state index in [4.69, 9.17) is 5.11 Å². The second-order valence-electron chi connectivity index (χ2n) is 3.66. The monoisotopic (exact) mass is 216 g/mol. The number of rotatable bonds is 4. The molecule has 1 aliphatic heterocycles. The molecule has 1 saturated heterocycles. The Morgan fingerprint density at radius 2 is 2.27 bits per heavy atom. The molecule has 0 aromatic carbocycles. The fourth-order valence-electron chi connectivity index (χ4n) is 1.53. The first-order chi connectivity index (χ1) is 7.04. The van der Waals surface area contributed by atoms with Gasteiger partial charge in [0.25, 0.3) is 0 Å². The quantitative estimate of drug-likeness (QED) is 0.467. The Hall–Kier alpha value is -1.14. The molecule has 3 atom stereocenters. The maximum absolute atomic E-state index is 11.5. The summed E-state index contributed by atoms with van der Waals surface area (Å²) in [5.41, 5.74) is 0. The van der Waals surface area contributed by atoms with E-state index in [1.54, 1.807) is 6.92 Å². The van der Waals surface area contributed by atoms with Crippen LogP contribution in [-0.4, -0.2) is 46.8 Å². The normalized spacial score (nSPS) is 27.3. The van der Waals surface area contributed by atoms with Gasteiger partial charge in [-0.05, 0) is 12.8 Å². The van der Waals surface area contributed by atoms with Gasteiger partial charge in [-0.15, -0.1) is 0 Å². The van der Waals surface area contributed by atoms with Crippen LogP contribution in [0.2, 0.25) is 0 Å². The summed E-state index contributed by atoms with van der Waals surface area (Å²) < 4.78 is 0. The van der Waals surface area contributed by atoms with Crippen molar-refractivity contribution in [1.29, 1.82) is 0 Å². The van der Waals surface area contributed by atoms with Crippen molar-refractivity contribution in [2.45, 2.75) is 38.0 Å². The predicted molar refractivity (Wildman–Crippen MR) is 52.3 cm³/mol. The highest BCUT2D eigenvalue weighted by Crippen LogP contribution is 2.06. The standard InChI is InChI=1S/C9H16N2O4/c1-2-6(9(14)15)11-8(13)7-3-5(12)4-10-7/h5-7,10,12H,2-4H2,1H3,(H,11,13)(H,14,15). The van der Waals surface area contributed by atoms with Crippen LogP contribution in [0.5, 0.6) is 0 Å². The van der Waals surface area contributed by atoms with Crippen LogP contribution >= 0.6 is 0 Å². The number of carbonyl (C=O) groups excluding carboxylic acids is 1. The molecule has 1 fully saturated rings. The zero-order chi connectivity index (χ0) is 11.4. The number of carbonyl (C=O) groups is 2. The lowest BCUT2D eigenvalue weighted by Gasteiger charge is -2.15. The molecular formula is C9H16N2O4. The molecule has 0 bridgehead atoms. The van der Waals surface area contributed by atoms with Crippen molar-refractivity contribution in [3.63, 3.8) is 0 Å². The van der Waals surface area contributed by atoms with Gasteiger partial charge >= 0.3 is 5.97 Å². The predicted octanol–water partition coefficient (Wildman–Crippen LogP) is -1.31. The first-order valence-corrected chi connectivity index (χ1v) is 4.99. The van der Waals surface area contributed by atoms with Gasteiger partial charge in [0.2, 0.25) is 5.91 Å². The number of aliphatic carboxylic acids is 1. The minimum atomic E-state index is -1.04. The molecule has 86 valence electrons. The van der Waals surface area contributed by atoms with Gasteiger partial charge in [0, 0.05) is 6.54 Å². The van der Waals surface area contributed by atoms with E-state index >= 15 is 0 Å². The van der Waals surface area contributed by atoms with Crippen molar-refractivity contribution < 1.29 is 19.8 Å². The average molecular weight is 216 g/mol. The molecule has 1 rings (SSSR count). The summed E-state index contributed by atoms with van der Waals surface area (Å²) in [6, 6.07) is -1.33. The third-order valence-electron chi connectivity index (χ3n) is 2.45. The van der Waals surface area contributed by atoms with Crippen LogP contribution in [0.25, 0.3) is 0 Å². The number of carboxylic acid groups (broad SMARTS) is 1. The summed E-state index contributed by atoms with van der Waals surface area (Å²) in [6.07, 6.45) is 0.156. The van der Waals surface area contributed by atoms with Gasteiger partial charge in [0.05, 0.1) is 12.1 Å². The highest BCUT2D eigenvalue weighted by molar-refractivity contribution is 5.87. The highest BCUT2D eigenvalue weighted by Gasteiger charge is 2.30. The number of carboxylic acids is 1.